The normalized spacial score (nSPS) is 16.6. The van der Waals surface area contributed by atoms with Crippen molar-refractivity contribution in [3.8, 4) is 0 Å². The highest BCUT2D eigenvalue weighted by atomic mass is 127. The smallest absolute Gasteiger partial charge is 0.191 e. The van der Waals surface area contributed by atoms with Gasteiger partial charge in [0.15, 0.2) is 5.96 Å². The van der Waals surface area contributed by atoms with Gasteiger partial charge in [-0.15, -0.1) is 24.0 Å². The fourth-order valence-corrected chi connectivity index (χ4v) is 3.19. The van der Waals surface area contributed by atoms with Crippen LogP contribution in [0.1, 0.15) is 59.8 Å². The lowest BCUT2D eigenvalue weighted by atomic mass is 10.1. The van der Waals surface area contributed by atoms with E-state index in [9.17, 15) is 0 Å². The third-order valence-electron chi connectivity index (χ3n) is 4.91. The van der Waals surface area contributed by atoms with Crippen LogP contribution in [0.2, 0.25) is 0 Å². The van der Waals surface area contributed by atoms with Crippen molar-refractivity contribution < 1.29 is 0 Å². The molecule has 6 heteroatoms. The number of hydrogen-bond acceptors (Lipinski definition) is 3. The number of guanidine groups is 1. The molecule has 0 aromatic rings. The first kappa shape index (κ1) is 25.9. The predicted octanol–water partition coefficient (Wildman–Crippen LogP) is 3.40. The van der Waals surface area contributed by atoms with E-state index >= 15 is 0 Å². The predicted molar refractivity (Wildman–Crippen MR) is 126 cm³/mol. The Morgan fingerprint density at radius 3 is 2.23 bits per heavy atom. The molecule has 0 saturated carbocycles. The summed E-state index contributed by atoms with van der Waals surface area (Å²) >= 11 is 0. The largest absolute Gasteiger partial charge is 0.357 e. The van der Waals surface area contributed by atoms with Gasteiger partial charge >= 0.3 is 0 Å². The van der Waals surface area contributed by atoms with E-state index in [4.69, 9.17) is 4.99 Å². The number of likely N-dealkylation sites (N-methyl/N-ethyl adjacent to an activating group) is 1. The minimum absolute atomic E-state index is 0. The first-order chi connectivity index (χ1) is 12.2. The zero-order valence-corrected chi connectivity index (χ0v) is 20.1. The number of rotatable bonds is 12. The van der Waals surface area contributed by atoms with Crippen molar-refractivity contribution in [3.63, 3.8) is 0 Å². The Kier molecular flexibility index (Phi) is 17.0. The molecule has 0 amide bonds. The fraction of sp³-hybridized carbons (Fsp3) is 0.950. The van der Waals surface area contributed by atoms with Crippen LogP contribution in [0, 0.1) is 5.92 Å². The van der Waals surface area contributed by atoms with Crippen LogP contribution in [0.4, 0.5) is 0 Å². The molecular weight excluding hydrogens is 437 g/mol. The molecule has 5 nitrogen and oxygen atoms in total. The first-order valence-corrected chi connectivity index (χ1v) is 10.6. The van der Waals surface area contributed by atoms with E-state index in [2.05, 4.69) is 48.1 Å². The molecule has 2 N–H and O–H groups in total. The number of unbranched alkanes of at least 4 members (excludes halogenated alkanes) is 2. The summed E-state index contributed by atoms with van der Waals surface area (Å²) in [5.74, 6) is 1.80. The molecular formula is C20H44IN5. The van der Waals surface area contributed by atoms with Crippen LogP contribution in [0.3, 0.4) is 0 Å². The quantitative estimate of drug-likeness (QED) is 0.194. The standard InChI is InChI=1S/C20H43N5.HI/c1-5-21-20(22-12-8-7-11-19(3)4)23-13-9-10-14-25-17-15-24(6-2)16-18-25;/h19H,5-18H2,1-4H3,(H2,21,22,23);1H. The van der Waals surface area contributed by atoms with Gasteiger partial charge in [-0.05, 0) is 45.2 Å². The maximum absolute atomic E-state index is 4.69. The number of halogens is 1. The summed E-state index contributed by atoms with van der Waals surface area (Å²) in [5.41, 5.74) is 0. The van der Waals surface area contributed by atoms with E-state index in [1.807, 2.05) is 0 Å². The van der Waals surface area contributed by atoms with Crippen molar-refractivity contribution in [3.05, 3.63) is 0 Å². The molecule has 0 radical (unpaired) electrons. The van der Waals surface area contributed by atoms with Crippen LogP contribution in [-0.4, -0.2) is 74.7 Å². The van der Waals surface area contributed by atoms with Gasteiger partial charge in [0.1, 0.15) is 0 Å². The van der Waals surface area contributed by atoms with Crippen LogP contribution in [0.5, 0.6) is 0 Å². The molecule has 0 aliphatic carbocycles. The van der Waals surface area contributed by atoms with Crippen LogP contribution in [0.15, 0.2) is 4.99 Å². The zero-order valence-electron chi connectivity index (χ0n) is 17.7. The van der Waals surface area contributed by atoms with Gasteiger partial charge in [-0.25, -0.2) is 0 Å². The highest BCUT2D eigenvalue weighted by Crippen LogP contribution is 2.06. The molecule has 0 spiro atoms. The maximum atomic E-state index is 4.69. The summed E-state index contributed by atoms with van der Waals surface area (Å²) in [7, 11) is 0. The summed E-state index contributed by atoms with van der Waals surface area (Å²) in [6.07, 6.45) is 6.27. The lowest BCUT2D eigenvalue weighted by Crippen LogP contribution is -2.46. The Morgan fingerprint density at radius 2 is 1.62 bits per heavy atom. The molecule has 1 aliphatic heterocycles. The number of nitrogens with one attached hydrogen (secondary N) is 2. The summed E-state index contributed by atoms with van der Waals surface area (Å²) < 4.78 is 0. The summed E-state index contributed by atoms with van der Waals surface area (Å²) in [6.45, 7) is 19.2. The SMILES string of the molecule is CCNC(=NCCCCC(C)C)NCCCCN1CCN(CC)CC1.I. The highest BCUT2D eigenvalue weighted by molar-refractivity contribution is 14.0. The molecule has 1 heterocycles. The van der Waals surface area contributed by atoms with E-state index < -0.39 is 0 Å². The van der Waals surface area contributed by atoms with Crippen molar-refractivity contribution in [2.24, 2.45) is 10.9 Å². The van der Waals surface area contributed by atoms with Crippen molar-refractivity contribution >= 4 is 29.9 Å². The first-order valence-electron chi connectivity index (χ1n) is 10.6. The Morgan fingerprint density at radius 1 is 0.923 bits per heavy atom. The second-order valence-corrected chi connectivity index (χ2v) is 7.56. The van der Waals surface area contributed by atoms with Crippen LogP contribution < -0.4 is 10.6 Å². The van der Waals surface area contributed by atoms with E-state index in [-0.39, 0.29) is 24.0 Å². The lowest BCUT2D eigenvalue weighted by Gasteiger charge is -2.34. The van der Waals surface area contributed by atoms with E-state index in [1.54, 1.807) is 0 Å². The number of nitrogens with zero attached hydrogens (tertiary/aromatic N) is 3. The molecule has 0 aromatic carbocycles. The summed E-state index contributed by atoms with van der Waals surface area (Å²) in [4.78, 5) is 9.85. The molecule has 156 valence electrons. The average molecular weight is 482 g/mol. The van der Waals surface area contributed by atoms with Gasteiger partial charge in [0.25, 0.3) is 0 Å². The van der Waals surface area contributed by atoms with Gasteiger partial charge in [0.2, 0.25) is 0 Å². The summed E-state index contributed by atoms with van der Waals surface area (Å²) in [6, 6.07) is 0. The minimum Gasteiger partial charge on any atom is -0.357 e. The summed E-state index contributed by atoms with van der Waals surface area (Å²) in [5, 5.41) is 6.84. The van der Waals surface area contributed by atoms with Crippen molar-refractivity contribution in [1.82, 2.24) is 20.4 Å². The molecule has 0 unspecified atom stereocenters. The van der Waals surface area contributed by atoms with Gasteiger partial charge in [-0.2, -0.15) is 0 Å². The van der Waals surface area contributed by atoms with Crippen molar-refractivity contribution in [2.45, 2.75) is 59.8 Å². The molecule has 1 fully saturated rings. The number of aliphatic imine (C=N–C) groups is 1. The third kappa shape index (κ3) is 13.1. The van der Waals surface area contributed by atoms with E-state index in [0.29, 0.717) is 0 Å². The van der Waals surface area contributed by atoms with Crippen molar-refractivity contribution in [2.75, 3.05) is 58.9 Å². The Balaban J connectivity index is 0.00000625. The van der Waals surface area contributed by atoms with Crippen LogP contribution >= 0.6 is 24.0 Å². The fourth-order valence-electron chi connectivity index (χ4n) is 3.19. The topological polar surface area (TPSA) is 42.9 Å². The van der Waals surface area contributed by atoms with Gasteiger partial charge in [-0.3, -0.25) is 4.99 Å². The molecule has 0 aromatic heterocycles. The molecule has 1 rings (SSSR count). The van der Waals surface area contributed by atoms with Gasteiger partial charge in [-0.1, -0.05) is 33.6 Å². The highest BCUT2D eigenvalue weighted by Gasteiger charge is 2.14. The monoisotopic (exact) mass is 481 g/mol. The lowest BCUT2D eigenvalue weighted by molar-refractivity contribution is 0.136. The van der Waals surface area contributed by atoms with Crippen LogP contribution in [0.25, 0.3) is 0 Å². The zero-order chi connectivity index (χ0) is 18.3. The molecule has 1 aliphatic rings. The van der Waals surface area contributed by atoms with Gasteiger partial charge < -0.3 is 20.4 Å². The number of hydrogen-bond donors (Lipinski definition) is 2. The molecule has 0 atom stereocenters. The maximum Gasteiger partial charge on any atom is 0.191 e. The van der Waals surface area contributed by atoms with Gasteiger partial charge in [0.05, 0.1) is 0 Å². The van der Waals surface area contributed by atoms with E-state index in [1.165, 1.54) is 71.4 Å². The minimum atomic E-state index is 0. The second kappa shape index (κ2) is 17.0. The molecule has 1 saturated heterocycles. The van der Waals surface area contributed by atoms with Crippen molar-refractivity contribution in [1.29, 1.82) is 0 Å². The number of piperazine rings is 1. The van der Waals surface area contributed by atoms with E-state index in [0.717, 1.165) is 31.5 Å². The Labute approximate surface area is 179 Å². The Hall–Kier alpha value is -0.0800. The molecule has 26 heavy (non-hydrogen) atoms. The third-order valence-corrected chi connectivity index (χ3v) is 4.91. The Bertz CT molecular complexity index is 341. The molecule has 0 bridgehead atoms. The van der Waals surface area contributed by atoms with Gasteiger partial charge in [0, 0.05) is 45.8 Å². The average Bonchev–Trinajstić information content (AvgIpc) is 2.61. The van der Waals surface area contributed by atoms with Crippen LogP contribution in [-0.2, 0) is 0 Å². The second-order valence-electron chi connectivity index (χ2n) is 7.56.